The third-order valence-electron chi connectivity index (χ3n) is 5.33. The number of benzene rings is 3. The smallest absolute Gasteiger partial charge is 0.277 e. The van der Waals surface area contributed by atoms with E-state index in [1.54, 1.807) is 18.1 Å². The Kier molecular flexibility index (Phi) is 6.52. The molecule has 3 aromatic rings. The van der Waals surface area contributed by atoms with E-state index in [0.29, 0.717) is 17.4 Å². The number of nitrogens with zero attached hydrogens (tertiary/aromatic N) is 1. The lowest BCUT2D eigenvalue weighted by molar-refractivity contribution is -0.123. The van der Waals surface area contributed by atoms with Crippen molar-refractivity contribution in [1.29, 1.82) is 0 Å². The molecule has 1 N–H and O–H groups in total. The number of methoxy groups -OCH3 is 1. The van der Waals surface area contributed by atoms with Crippen LogP contribution < -0.4 is 14.8 Å². The van der Waals surface area contributed by atoms with E-state index in [1.165, 1.54) is 0 Å². The Morgan fingerprint density at radius 1 is 1.03 bits per heavy atom. The Morgan fingerprint density at radius 3 is 2.41 bits per heavy atom. The standard InChI is InChI=1S/C26H24N2O3S/c1-18(20-9-5-3-6-10-20)28-25(29)23(27-26(28)32)16-19-13-14-24(30-2)21(15-19)17-31-22-11-7-4-8-12-22/h3-16,18H,17H2,1-2H3,(H,27,32)/b23-16-/t18-/m0/s1. The SMILES string of the molecule is COc1ccc(/C=C2\NC(=S)N([C@@H](C)c3ccccc3)C2=O)cc1COc1ccccc1. The number of nitrogens with one attached hydrogen (secondary N) is 1. The summed E-state index contributed by atoms with van der Waals surface area (Å²) in [5.74, 6) is 1.36. The fraction of sp³-hybridized carbons (Fsp3) is 0.154. The molecule has 1 amide bonds. The van der Waals surface area contributed by atoms with Gasteiger partial charge < -0.3 is 14.8 Å². The highest BCUT2D eigenvalue weighted by molar-refractivity contribution is 7.80. The topological polar surface area (TPSA) is 50.8 Å². The molecule has 1 atom stereocenters. The van der Waals surface area contributed by atoms with E-state index in [9.17, 15) is 4.79 Å². The molecular formula is C26H24N2O3S. The number of ether oxygens (including phenoxy) is 2. The average Bonchev–Trinajstić information content (AvgIpc) is 3.11. The van der Waals surface area contributed by atoms with E-state index < -0.39 is 0 Å². The van der Waals surface area contributed by atoms with Crippen molar-refractivity contribution in [3.63, 3.8) is 0 Å². The van der Waals surface area contributed by atoms with Gasteiger partial charge in [-0.3, -0.25) is 9.69 Å². The summed E-state index contributed by atoms with van der Waals surface area (Å²) in [6.07, 6.45) is 1.80. The van der Waals surface area contributed by atoms with E-state index >= 15 is 0 Å². The molecule has 1 aliphatic heterocycles. The van der Waals surface area contributed by atoms with Crippen molar-refractivity contribution >= 4 is 29.3 Å². The fourth-order valence-corrected chi connectivity index (χ4v) is 3.98. The molecule has 1 aliphatic rings. The molecule has 32 heavy (non-hydrogen) atoms. The second-order valence-corrected chi connectivity index (χ2v) is 7.81. The summed E-state index contributed by atoms with van der Waals surface area (Å²) in [4.78, 5) is 14.7. The number of rotatable bonds is 7. The molecule has 0 unspecified atom stereocenters. The molecule has 5 nitrogen and oxygen atoms in total. The van der Waals surface area contributed by atoms with Gasteiger partial charge in [-0.05, 0) is 60.6 Å². The van der Waals surface area contributed by atoms with Crippen LogP contribution in [0.2, 0.25) is 0 Å². The molecule has 0 bridgehead atoms. The van der Waals surface area contributed by atoms with Gasteiger partial charge in [0.2, 0.25) is 0 Å². The summed E-state index contributed by atoms with van der Waals surface area (Å²) in [7, 11) is 1.63. The summed E-state index contributed by atoms with van der Waals surface area (Å²) in [6.45, 7) is 2.32. The zero-order valence-corrected chi connectivity index (χ0v) is 18.8. The number of hydrogen-bond acceptors (Lipinski definition) is 4. The minimum atomic E-state index is -0.166. The fourth-order valence-electron chi connectivity index (χ4n) is 3.63. The molecule has 162 valence electrons. The predicted molar refractivity (Wildman–Crippen MR) is 129 cm³/mol. The van der Waals surface area contributed by atoms with Gasteiger partial charge in [0.05, 0.1) is 13.2 Å². The van der Waals surface area contributed by atoms with E-state index in [2.05, 4.69) is 5.32 Å². The molecule has 0 aliphatic carbocycles. The van der Waals surface area contributed by atoms with Gasteiger partial charge in [0.15, 0.2) is 5.11 Å². The quantitative estimate of drug-likeness (QED) is 0.406. The first-order chi connectivity index (χ1) is 15.6. The van der Waals surface area contributed by atoms with Gasteiger partial charge in [-0.25, -0.2) is 0 Å². The Hall–Kier alpha value is -3.64. The van der Waals surface area contributed by atoms with Crippen molar-refractivity contribution in [3.05, 3.63) is 101 Å². The maximum atomic E-state index is 13.1. The highest BCUT2D eigenvalue weighted by Gasteiger charge is 2.34. The van der Waals surface area contributed by atoms with Crippen molar-refractivity contribution < 1.29 is 14.3 Å². The number of carbonyl (C=O) groups is 1. The zero-order valence-electron chi connectivity index (χ0n) is 17.9. The lowest BCUT2D eigenvalue weighted by atomic mass is 10.1. The number of carbonyl (C=O) groups excluding carboxylic acids is 1. The van der Waals surface area contributed by atoms with Crippen LogP contribution in [0.3, 0.4) is 0 Å². The minimum Gasteiger partial charge on any atom is -0.496 e. The third kappa shape index (κ3) is 4.65. The second-order valence-electron chi connectivity index (χ2n) is 7.42. The minimum absolute atomic E-state index is 0.149. The van der Waals surface area contributed by atoms with Crippen LogP contribution in [0.25, 0.3) is 6.08 Å². The van der Waals surface area contributed by atoms with Crippen molar-refractivity contribution in [2.45, 2.75) is 19.6 Å². The van der Waals surface area contributed by atoms with Gasteiger partial charge in [-0.15, -0.1) is 0 Å². The maximum Gasteiger partial charge on any atom is 0.277 e. The molecule has 0 spiro atoms. The van der Waals surface area contributed by atoms with Crippen LogP contribution in [0.15, 0.2) is 84.6 Å². The van der Waals surface area contributed by atoms with E-state index in [-0.39, 0.29) is 11.9 Å². The van der Waals surface area contributed by atoms with Crippen LogP contribution in [0, 0.1) is 0 Å². The van der Waals surface area contributed by atoms with Crippen LogP contribution in [-0.2, 0) is 11.4 Å². The normalized spacial score (nSPS) is 15.6. The maximum absolute atomic E-state index is 13.1. The molecule has 1 heterocycles. The molecule has 1 fully saturated rings. The summed E-state index contributed by atoms with van der Waals surface area (Å²) >= 11 is 5.46. The second kappa shape index (κ2) is 9.66. The predicted octanol–water partition coefficient (Wildman–Crippen LogP) is 5.09. The van der Waals surface area contributed by atoms with Gasteiger partial charge >= 0.3 is 0 Å². The highest BCUT2D eigenvalue weighted by Crippen LogP contribution is 2.28. The number of thiocarbonyl (C=S) groups is 1. The Bertz CT molecular complexity index is 1150. The molecule has 0 radical (unpaired) electrons. The molecule has 3 aromatic carbocycles. The van der Waals surface area contributed by atoms with Gasteiger partial charge in [0, 0.05) is 5.56 Å². The molecule has 4 rings (SSSR count). The molecule has 6 heteroatoms. The molecule has 1 saturated heterocycles. The summed E-state index contributed by atoms with van der Waals surface area (Å²) in [5.41, 5.74) is 3.20. The first-order valence-electron chi connectivity index (χ1n) is 10.3. The lowest BCUT2D eigenvalue weighted by Crippen LogP contribution is -2.33. The Balaban J connectivity index is 1.55. The largest absolute Gasteiger partial charge is 0.496 e. The first kappa shape index (κ1) is 21.6. The van der Waals surface area contributed by atoms with Gasteiger partial charge in [0.1, 0.15) is 23.8 Å². The van der Waals surface area contributed by atoms with Gasteiger partial charge in [-0.1, -0.05) is 54.6 Å². The van der Waals surface area contributed by atoms with Crippen LogP contribution in [0.4, 0.5) is 0 Å². The van der Waals surface area contributed by atoms with Crippen molar-refractivity contribution in [1.82, 2.24) is 10.2 Å². The van der Waals surface area contributed by atoms with Crippen molar-refractivity contribution in [2.75, 3.05) is 7.11 Å². The monoisotopic (exact) mass is 444 g/mol. The Morgan fingerprint density at radius 2 is 1.72 bits per heavy atom. The number of para-hydroxylation sites is 1. The van der Waals surface area contributed by atoms with Crippen molar-refractivity contribution in [3.8, 4) is 11.5 Å². The summed E-state index contributed by atoms with van der Waals surface area (Å²) < 4.78 is 11.4. The first-order valence-corrected chi connectivity index (χ1v) is 10.7. The van der Waals surface area contributed by atoms with Gasteiger partial charge in [-0.2, -0.15) is 0 Å². The Labute approximate surface area is 193 Å². The van der Waals surface area contributed by atoms with Crippen molar-refractivity contribution in [2.24, 2.45) is 0 Å². The number of hydrogen-bond donors (Lipinski definition) is 1. The molecular weight excluding hydrogens is 420 g/mol. The summed E-state index contributed by atoms with van der Waals surface area (Å²) in [6, 6.07) is 25.0. The number of amides is 1. The molecule has 0 aromatic heterocycles. The lowest BCUT2D eigenvalue weighted by Gasteiger charge is -2.23. The van der Waals surface area contributed by atoms with E-state index in [4.69, 9.17) is 21.7 Å². The van der Waals surface area contributed by atoms with Gasteiger partial charge in [0.25, 0.3) is 5.91 Å². The third-order valence-corrected chi connectivity index (χ3v) is 5.63. The highest BCUT2D eigenvalue weighted by atomic mass is 32.1. The van der Waals surface area contributed by atoms with Crippen LogP contribution >= 0.6 is 12.2 Å². The average molecular weight is 445 g/mol. The van der Waals surface area contributed by atoms with Crippen LogP contribution in [-0.4, -0.2) is 23.0 Å². The van der Waals surface area contributed by atoms with E-state index in [0.717, 1.165) is 28.2 Å². The zero-order chi connectivity index (χ0) is 22.5. The van der Waals surface area contributed by atoms with Crippen LogP contribution in [0.5, 0.6) is 11.5 Å². The molecule has 0 saturated carbocycles. The summed E-state index contributed by atoms with van der Waals surface area (Å²) in [5, 5.41) is 3.47. The van der Waals surface area contributed by atoms with E-state index in [1.807, 2.05) is 85.8 Å². The van der Waals surface area contributed by atoms with Crippen LogP contribution in [0.1, 0.15) is 29.7 Å².